The van der Waals surface area contributed by atoms with Gasteiger partial charge in [-0.25, -0.2) is 4.98 Å². The molecule has 3 aromatic carbocycles. The van der Waals surface area contributed by atoms with E-state index in [1.54, 1.807) is 7.11 Å². The Morgan fingerprint density at radius 1 is 0.758 bits per heavy atom. The molecule has 1 aromatic heterocycles. The first-order valence-electron chi connectivity index (χ1n) is 11.3. The van der Waals surface area contributed by atoms with Crippen molar-refractivity contribution in [1.82, 2.24) is 4.98 Å². The van der Waals surface area contributed by atoms with Crippen LogP contribution < -0.4 is 10.2 Å². The van der Waals surface area contributed by atoms with E-state index in [4.69, 9.17) is 19.0 Å². The van der Waals surface area contributed by atoms with Crippen molar-refractivity contribution in [2.24, 2.45) is 0 Å². The molecule has 5 rings (SSSR count). The van der Waals surface area contributed by atoms with E-state index in [1.165, 1.54) is 0 Å². The van der Waals surface area contributed by atoms with Gasteiger partial charge in [0, 0.05) is 16.4 Å². The molecule has 2 heterocycles. The second-order valence-electron chi connectivity index (χ2n) is 9.48. The summed E-state index contributed by atoms with van der Waals surface area (Å²) in [6.45, 7) is 8.21. The third kappa shape index (κ3) is 3.82. The lowest BCUT2D eigenvalue weighted by atomic mass is 9.77. The zero-order chi connectivity index (χ0) is 23.2. The van der Waals surface area contributed by atoms with Crippen molar-refractivity contribution < 1.29 is 14.0 Å². The zero-order valence-electron chi connectivity index (χ0n) is 19.8. The number of hydrogen-bond acceptors (Lipinski definition) is 4. The van der Waals surface area contributed by atoms with Gasteiger partial charge in [-0.05, 0) is 57.0 Å². The fourth-order valence-corrected chi connectivity index (χ4v) is 4.22. The highest BCUT2D eigenvalue weighted by Gasteiger charge is 2.52. The minimum Gasteiger partial charge on any atom is -0.497 e. The Balaban J connectivity index is 1.60. The molecule has 4 aromatic rings. The molecular weight excluding hydrogens is 409 g/mol. The van der Waals surface area contributed by atoms with Gasteiger partial charge >= 0.3 is 7.12 Å². The highest BCUT2D eigenvalue weighted by Crippen LogP contribution is 2.38. The summed E-state index contributed by atoms with van der Waals surface area (Å²) in [4.78, 5) is 4.96. The topological polar surface area (TPSA) is 40.6 Å². The van der Waals surface area contributed by atoms with E-state index >= 15 is 0 Å². The quantitative estimate of drug-likeness (QED) is 0.374. The van der Waals surface area contributed by atoms with Gasteiger partial charge in [0.05, 0.1) is 29.5 Å². The molecule has 4 nitrogen and oxygen atoms in total. The van der Waals surface area contributed by atoms with Crippen molar-refractivity contribution in [3.05, 3.63) is 78.9 Å². The van der Waals surface area contributed by atoms with Crippen molar-refractivity contribution in [3.8, 4) is 28.1 Å². The first kappa shape index (κ1) is 21.7. The summed E-state index contributed by atoms with van der Waals surface area (Å²) in [6, 6.07) is 26.9. The molecule has 0 atom stereocenters. The number of pyridine rings is 1. The van der Waals surface area contributed by atoms with Gasteiger partial charge in [-0.2, -0.15) is 0 Å². The van der Waals surface area contributed by atoms with Crippen LogP contribution in [-0.2, 0) is 9.31 Å². The molecule has 0 spiro atoms. The van der Waals surface area contributed by atoms with Gasteiger partial charge in [0.15, 0.2) is 0 Å². The number of hydrogen-bond donors (Lipinski definition) is 0. The van der Waals surface area contributed by atoms with E-state index in [1.807, 2.05) is 24.3 Å². The van der Waals surface area contributed by atoms with Gasteiger partial charge in [0.1, 0.15) is 5.75 Å². The molecule has 0 bridgehead atoms. The number of para-hydroxylation sites is 1. The van der Waals surface area contributed by atoms with Crippen LogP contribution in [0.15, 0.2) is 78.9 Å². The SMILES string of the molecule is COc1cc(-c2cc(-c3ccccc3)c3ccccc3n2)ccc1B1OC(C)(C)C(C)(C)O1. The van der Waals surface area contributed by atoms with E-state index in [0.717, 1.165) is 44.5 Å². The Hall–Kier alpha value is -3.15. The number of rotatable bonds is 4. The van der Waals surface area contributed by atoms with Crippen LogP contribution in [-0.4, -0.2) is 30.4 Å². The van der Waals surface area contributed by atoms with Crippen molar-refractivity contribution in [1.29, 1.82) is 0 Å². The predicted octanol–water partition coefficient (Wildman–Crippen LogP) is 5.88. The summed E-state index contributed by atoms with van der Waals surface area (Å²) in [7, 11) is 1.19. The molecule has 5 heteroatoms. The predicted molar refractivity (Wildman–Crippen MR) is 135 cm³/mol. The van der Waals surface area contributed by atoms with Crippen LogP contribution in [0.25, 0.3) is 33.3 Å². The molecular formula is C28H28BNO3. The molecule has 0 radical (unpaired) electrons. The van der Waals surface area contributed by atoms with E-state index in [0.29, 0.717) is 0 Å². The van der Waals surface area contributed by atoms with Crippen molar-refractivity contribution in [3.63, 3.8) is 0 Å². The zero-order valence-corrected chi connectivity index (χ0v) is 19.8. The van der Waals surface area contributed by atoms with Crippen molar-refractivity contribution in [2.75, 3.05) is 7.11 Å². The van der Waals surface area contributed by atoms with Crippen LogP contribution in [0.5, 0.6) is 5.75 Å². The first-order valence-corrected chi connectivity index (χ1v) is 11.3. The van der Waals surface area contributed by atoms with Gasteiger partial charge in [0.25, 0.3) is 0 Å². The van der Waals surface area contributed by atoms with Gasteiger partial charge < -0.3 is 14.0 Å². The summed E-state index contributed by atoms with van der Waals surface area (Å²) in [5.41, 5.74) is 5.22. The molecule has 0 amide bonds. The summed E-state index contributed by atoms with van der Waals surface area (Å²) in [5.74, 6) is 0.724. The molecule has 33 heavy (non-hydrogen) atoms. The molecule has 166 valence electrons. The first-order chi connectivity index (χ1) is 15.8. The second kappa shape index (κ2) is 8.01. The smallest absolute Gasteiger partial charge is 0.497 e. The molecule has 1 saturated heterocycles. The number of aromatic nitrogens is 1. The number of benzene rings is 3. The Labute approximate surface area is 195 Å². The summed E-state index contributed by atoms with van der Waals surface area (Å²) in [5, 5.41) is 1.13. The molecule has 0 N–H and O–H groups in total. The second-order valence-corrected chi connectivity index (χ2v) is 9.48. The Kier molecular flexibility index (Phi) is 5.27. The minimum absolute atomic E-state index is 0.411. The van der Waals surface area contributed by atoms with Crippen LogP contribution in [0.2, 0.25) is 0 Å². The maximum absolute atomic E-state index is 6.25. The van der Waals surface area contributed by atoms with Crippen LogP contribution in [0.1, 0.15) is 27.7 Å². The summed E-state index contributed by atoms with van der Waals surface area (Å²) in [6.07, 6.45) is 0. The molecule has 1 fully saturated rings. The van der Waals surface area contributed by atoms with Gasteiger partial charge in [-0.3, -0.25) is 0 Å². The van der Waals surface area contributed by atoms with E-state index in [-0.39, 0.29) is 0 Å². The van der Waals surface area contributed by atoms with Gasteiger partial charge in [0.2, 0.25) is 0 Å². The maximum Gasteiger partial charge on any atom is 0.498 e. The fourth-order valence-electron chi connectivity index (χ4n) is 4.22. The maximum atomic E-state index is 6.25. The van der Waals surface area contributed by atoms with Crippen molar-refractivity contribution >= 4 is 23.5 Å². The lowest BCUT2D eigenvalue weighted by Crippen LogP contribution is -2.41. The monoisotopic (exact) mass is 437 g/mol. The highest BCUT2D eigenvalue weighted by atomic mass is 16.7. The Morgan fingerprint density at radius 2 is 1.42 bits per heavy atom. The third-order valence-corrected chi connectivity index (χ3v) is 6.84. The number of fused-ring (bicyclic) bond motifs is 1. The van der Waals surface area contributed by atoms with Crippen LogP contribution in [0, 0.1) is 0 Å². The minimum atomic E-state index is -0.483. The Morgan fingerprint density at radius 3 is 2.12 bits per heavy atom. The standard InChI is InChI=1S/C28H28BNO3/c1-27(2)28(3,4)33-29(32-27)23-16-15-20(17-26(23)31-5)25-18-22(19-11-7-6-8-12-19)21-13-9-10-14-24(21)30-25/h6-18H,1-5H3. The molecule has 1 aliphatic rings. The number of methoxy groups -OCH3 is 1. The van der Waals surface area contributed by atoms with Crippen LogP contribution in [0.4, 0.5) is 0 Å². The summed E-state index contributed by atoms with van der Waals surface area (Å²) < 4.78 is 18.3. The average molecular weight is 437 g/mol. The largest absolute Gasteiger partial charge is 0.498 e. The summed E-state index contributed by atoms with van der Waals surface area (Å²) >= 11 is 0. The third-order valence-electron chi connectivity index (χ3n) is 6.84. The highest BCUT2D eigenvalue weighted by molar-refractivity contribution is 6.63. The lowest BCUT2D eigenvalue weighted by Gasteiger charge is -2.32. The van der Waals surface area contributed by atoms with Crippen LogP contribution >= 0.6 is 0 Å². The Bertz CT molecular complexity index is 1300. The molecule has 0 saturated carbocycles. The lowest BCUT2D eigenvalue weighted by molar-refractivity contribution is 0.00578. The number of nitrogens with zero attached hydrogens (tertiary/aromatic N) is 1. The fraction of sp³-hybridized carbons (Fsp3) is 0.250. The van der Waals surface area contributed by atoms with E-state index in [2.05, 4.69) is 82.3 Å². The van der Waals surface area contributed by atoms with Crippen LogP contribution in [0.3, 0.4) is 0 Å². The van der Waals surface area contributed by atoms with Gasteiger partial charge in [-0.15, -0.1) is 0 Å². The molecule has 0 aliphatic carbocycles. The molecule has 1 aliphatic heterocycles. The molecule has 0 unspecified atom stereocenters. The normalized spacial score (nSPS) is 16.8. The average Bonchev–Trinajstić information content (AvgIpc) is 3.05. The van der Waals surface area contributed by atoms with Crippen molar-refractivity contribution in [2.45, 2.75) is 38.9 Å². The van der Waals surface area contributed by atoms with E-state index in [9.17, 15) is 0 Å². The van der Waals surface area contributed by atoms with E-state index < -0.39 is 18.3 Å². The number of ether oxygens (including phenoxy) is 1. The van der Waals surface area contributed by atoms with Gasteiger partial charge in [-0.1, -0.05) is 60.7 Å².